The minimum absolute atomic E-state index is 0.105. The van der Waals surface area contributed by atoms with Gasteiger partial charge < -0.3 is 15.7 Å². The van der Waals surface area contributed by atoms with Crippen LogP contribution in [-0.4, -0.2) is 61.3 Å². The lowest BCUT2D eigenvalue weighted by atomic mass is 10.00. The predicted octanol–water partition coefficient (Wildman–Crippen LogP) is 0.303. The van der Waals surface area contributed by atoms with E-state index in [4.69, 9.17) is 5.41 Å². The third kappa shape index (κ3) is 5.51. The van der Waals surface area contributed by atoms with Crippen molar-refractivity contribution in [3.05, 3.63) is 47.2 Å². The molecule has 0 spiro atoms. The third-order valence-corrected chi connectivity index (χ3v) is 4.14. The first kappa shape index (κ1) is 18.8. The van der Waals surface area contributed by atoms with Crippen molar-refractivity contribution in [3.8, 4) is 0 Å². The van der Waals surface area contributed by atoms with Crippen LogP contribution >= 0.6 is 0 Å². The van der Waals surface area contributed by atoms with Crippen molar-refractivity contribution < 1.29 is 9.90 Å². The minimum Gasteiger partial charge on any atom is -0.390 e. The van der Waals surface area contributed by atoms with E-state index < -0.39 is 6.10 Å². The van der Waals surface area contributed by atoms with E-state index in [1.807, 2.05) is 12.1 Å². The van der Waals surface area contributed by atoms with E-state index in [-0.39, 0.29) is 24.0 Å². The number of β-amino-alcohol motifs (C(OH)–C–C–N with tert-alkyl or cyclic N) is 1. The second-order valence-corrected chi connectivity index (χ2v) is 5.97. The van der Waals surface area contributed by atoms with Crippen molar-refractivity contribution >= 4 is 18.5 Å². The summed E-state index contributed by atoms with van der Waals surface area (Å²) in [6, 6.07) is 8.33. The van der Waals surface area contributed by atoms with E-state index in [9.17, 15) is 9.90 Å². The Morgan fingerprint density at radius 3 is 2.88 bits per heavy atom. The molecule has 25 heavy (non-hydrogen) atoms. The fourth-order valence-corrected chi connectivity index (χ4v) is 2.81. The van der Waals surface area contributed by atoms with E-state index in [2.05, 4.69) is 39.4 Å². The number of nitrogens with one attached hydrogen (secondary N) is 3. The fourth-order valence-electron chi connectivity index (χ4n) is 2.81. The highest BCUT2D eigenvalue weighted by Crippen LogP contribution is 2.18. The number of carbonyl (C=O) groups excluding carboxylic acids is 1. The van der Waals surface area contributed by atoms with Gasteiger partial charge in [-0.15, -0.1) is 0 Å². The van der Waals surface area contributed by atoms with E-state index in [1.54, 1.807) is 7.05 Å². The largest absolute Gasteiger partial charge is 0.390 e. The average molecular weight is 343 g/mol. The number of nitrogens with zero attached hydrogens (tertiary/aromatic N) is 2. The van der Waals surface area contributed by atoms with E-state index in [0.717, 1.165) is 19.5 Å². The number of benzene rings is 1. The zero-order valence-corrected chi connectivity index (χ0v) is 14.5. The first-order chi connectivity index (χ1) is 12.0. The molecule has 0 saturated heterocycles. The minimum atomic E-state index is -0.663. The zero-order chi connectivity index (χ0) is 18.2. The Labute approximate surface area is 148 Å². The normalized spacial score (nSPS) is 15.8. The molecular formula is C18H25N5O2. The summed E-state index contributed by atoms with van der Waals surface area (Å²) in [5.74, 6) is -0.494. The van der Waals surface area contributed by atoms with Crippen LogP contribution in [0.1, 0.15) is 11.1 Å². The van der Waals surface area contributed by atoms with Gasteiger partial charge in [-0.3, -0.25) is 15.1 Å². The third-order valence-electron chi connectivity index (χ3n) is 4.14. The second-order valence-electron chi connectivity index (χ2n) is 5.97. The van der Waals surface area contributed by atoms with Gasteiger partial charge in [0.15, 0.2) is 0 Å². The summed E-state index contributed by atoms with van der Waals surface area (Å²) >= 11 is 0. The van der Waals surface area contributed by atoms with Gasteiger partial charge in [-0.2, -0.15) is 0 Å². The van der Waals surface area contributed by atoms with Crippen LogP contribution in [0.3, 0.4) is 0 Å². The Hall–Kier alpha value is -2.51. The first-order valence-electron chi connectivity index (χ1n) is 8.23. The van der Waals surface area contributed by atoms with Gasteiger partial charge in [0.2, 0.25) is 0 Å². The molecule has 0 fully saturated rings. The smallest absolute Gasteiger partial charge is 0.267 e. The van der Waals surface area contributed by atoms with Crippen LogP contribution in [0.15, 0.2) is 41.0 Å². The van der Waals surface area contributed by atoms with Gasteiger partial charge in [0, 0.05) is 39.3 Å². The van der Waals surface area contributed by atoms with Crippen LogP contribution in [0.25, 0.3) is 0 Å². The monoisotopic (exact) mass is 343 g/mol. The first-order valence-corrected chi connectivity index (χ1v) is 8.23. The van der Waals surface area contributed by atoms with E-state index in [1.165, 1.54) is 17.2 Å². The lowest BCUT2D eigenvalue weighted by molar-refractivity contribution is -0.118. The summed E-state index contributed by atoms with van der Waals surface area (Å²) < 4.78 is 0. The van der Waals surface area contributed by atoms with E-state index >= 15 is 0 Å². The lowest BCUT2D eigenvalue weighted by Crippen LogP contribution is -2.43. The standard InChI is InChI=1S/C18H25N5O2/c1-20-16(9-17(19)21-2)18(25)22-10-15(24)12-23-8-7-13-5-3-4-6-14(13)11-23/h3-6,9,15,19-20,24H,2,7-8,10-12H2,1H3,(H,22,25)/t15-/m0/s1. The van der Waals surface area contributed by atoms with E-state index in [0.29, 0.717) is 6.54 Å². The number of carbonyl (C=O) groups is 1. The Kier molecular flexibility index (Phi) is 6.85. The van der Waals surface area contributed by atoms with Crippen LogP contribution in [0.4, 0.5) is 0 Å². The summed E-state index contributed by atoms with van der Waals surface area (Å²) in [7, 11) is 1.59. The molecule has 0 aliphatic carbocycles. The molecule has 1 amide bonds. The van der Waals surface area contributed by atoms with Gasteiger partial charge in [-0.25, -0.2) is 4.99 Å². The highest BCUT2D eigenvalue weighted by atomic mass is 16.3. The molecule has 1 atom stereocenters. The van der Waals surface area contributed by atoms with Crippen LogP contribution in [0.2, 0.25) is 0 Å². The maximum absolute atomic E-state index is 12.1. The molecule has 1 heterocycles. The molecule has 7 nitrogen and oxygen atoms in total. The molecule has 0 bridgehead atoms. The van der Waals surface area contributed by atoms with Crippen molar-refractivity contribution in [1.82, 2.24) is 15.5 Å². The highest BCUT2D eigenvalue weighted by Gasteiger charge is 2.19. The number of hydrogen-bond acceptors (Lipinski definition) is 5. The Bertz CT molecular complexity index is 671. The molecule has 1 aromatic rings. The van der Waals surface area contributed by atoms with Gasteiger partial charge in [0.1, 0.15) is 11.5 Å². The second kappa shape index (κ2) is 9.10. The maximum Gasteiger partial charge on any atom is 0.267 e. The molecule has 0 unspecified atom stereocenters. The molecular weight excluding hydrogens is 318 g/mol. The van der Waals surface area contributed by atoms with Crippen LogP contribution < -0.4 is 10.6 Å². The molecule has 0 saturated carbocycles. The number of fused-ring (bicyclic) bond motifs is 1. The van der Waals surface area contributed by atoms with Crippen molar-refractivity contribution in [2.45, 2.75) is 19.1 Å². The van der Waals surface area contributed by atoms with Crippen LogP contribution in [-0.2, 0) is 17.8 Å². The van der Waals surface area contributed by atoms with Gasteiger partial charge in [-0.1, -0.05) is 24.3 Å². The number of hydrogen-bond donors (Lipinski definition) is 4. The fraction of sp³-hybridized carbons (Fsp3) is 0.389. The van der Waals surface area contributed by atoms with Crippen molar-refractivity contribution in [1.29, 1.82) is 5.41 Å². The summed E-state index contributed by atoms with van der Waals surface area (Å²) in [4.78, 5) is 17.7. The molecule has 4 N–H and O–H groups in total. The SMILES string of the molecule is C=NC(=N)C=C(NC)C(=O)NC[C@H](O)CN1CCc2ccccc2C1. The molecule has 2 rings (SSSR count). The van der Waals surface area contributed by atoms with Crippen molar-refractivity contribution in [2.75, 3.05) is 26.7 Å². The van der Waals surface area contributed by atoms with Gasteiger partial charge in [0.25, 0.3) is 5.91 Å². The van der Waals surface area contributed by atoms with Gasteiger partial charge in [-0.05, 0) is 24.3 Å². The molecule has 134 valence electrons. The molecule has 0 radical (unpaired) electrons. The quantitative estimate of drug-likeness (QED) is 0.325. The number of aliphatic imine (C=N–C) groups is 1. The number of amides is 1. The molecule has 1 aliphatic rings. The molecule has 0 aromatic heterocycles. The average Bonchev–Trinajstić information content (AvgIpc) is 2.63. The maximum atomic E-state index is 12.1. The summed E-state index contributed by atoms with van der Waals surface area (Å²) in [6.07, 6.45) is 1.60. The molecule has 1 aromatic carbocycles. The summed E-state index contributed by atoms with van der Waals surface area (Å²) in [5, 5.41) is 23.0. The van der Waals surface area contributed by atoms with Crippen LogP contribution in [0, 0.1) is 5.41 Å². The molecule has 7 heteroatoms. The Morgan fingerprint density at radius 2 is 2.20 bits per heavy atom. The highest BCUT2D eigenvalue weighted by molar-refractivity contribution is 6.02. The van der Waals surface area contributed by atoms with Crippen LogP contribution in [0.5, 0.6) is 0 Å². The summed E-state index contributed by atoms with van der Waals surface area (Å²) in [5.41, 5.74) is 2.86. The lowest BCUT2D eigenvalue weighted by Gasteiger charge is -2.30. The Balaban J connectivity index is 1.82. The predicted molar refractivity (Wildman–Crippen MR) is 98.9 cm³/mol. The summed E-state index contributed by atoms with van der Waals surface area (Å²) in [6.45, 7) is 5.58. The number of aliphatic hydroxyl groups excluding tert-OH is 1. The topological polar surface area (TPSA) is 101 Å². The van der Waals surface area contributed by atoms with Crippen molar-refractivity contribution in [2.24, 2.45) is 4.99 Å². The number of amidine groups is 1. The van der Waals surface area contributed by atoms with Gasteiger partial charge in [0.05, 0.1) is 6.10 Å². The number of rotatable bonds is 7. The Morgan fingerprint density at radius 1 is 1.48 bits per heavy atom. The van der Waals surface area contributed by atoms with Gasteiger partial charge >= 0.3 is 0 Å². The number of likely N-dealkylation sites (N-methyl/N-ethyl adjacent to an activating group) is 1. The molecule has 1 aliphatic heterocycles. The van der Waals surface area contributed by atoms with Crippen molar-refractivity contribution in [3.63, 3.8) is 0 Å². The zero-order valence-electron chi connectivity index (χ0n) is 14.5. The number of aliphatic hydroxyl groups is 1.